The van der Waals surface area contributed by atoms with Gasteiger partial charge in [-0.2, -0.15) is 0 Å². The van der Waals surface area contributed by atoms with Crippen molar-refractivity contribution in [2.75, 3.05) is 0 Å². The van der Waals surface area contributed by atoms with Gasteiger partial charge >= 0.3 is 5.97 Å². The first-order chi connectivity index (χ1) is 15.4. The fraction of sp³-hybridized carbons (Fsp3) is 0.931. The zero-order valence-electron chi connectivity index (χ0n) is 21.1. The highest BCUT2D eigenvalue weighted by atomic mass is 16.5. The van der Waals surface area contributed by atoms with Crippen LogP contribution in [0.5, 0.6) is 0 Å². The number of carbonyl (C=O) groups is 2. The molecule has 0 aromatic heterocycles. The van der Waals surface area contributed by atoms with E-state index in [-0.39, 0.29) is 17.5 Å². The van der Waals surface area contributed by atoms with E-state index in [1.165, 1.54) is 64.2 Å². The minimum atomic E-state index is 0.0500. The quantitative estimate of drug-likeness (QED) is 0.271. The standard InChI is InChI=1S/C29H48O3/c1-4-5-6-7-8-9-10-11-27(31)32-26-15-14-24-23-13-12-21-20-22(30)16-18-28(21,2)25(23)17-19-29(24,26)3/h21,23-26H,4-20H2,1-3H3/t21?,23-,24-,25-,26-,28-,29-/m0/s1. The SMILES string of the molecule is CCCCCCCCCC(=O)O[C@H]1CC[C@H]2[C@@H]3CCC4CC(=O)CC[C@]4(C)[C@H]3CC[C@]12C. The average Bonchev–Trinajstić information content (AvgIpc) is 3.10. The molecule has 7 atom stereocenters. The number of ketones is 1. The second kappa shape index (κ2) is 10.2. The Morgan fingerprint density at radius 1 is 0.875 bits per heavy atom. The molecular formula is C29H48O3. The number of esters is 1. The van der Waals surface area contributed by atoms with Gasteiger partial charge in [-0.3, -0.25) is 9.59 Å². The van der Waals surface area contributed by atoms with E-state index in [4.69, 9.17) is 4.74 Å². The van der Waals surface area contributed by atoms with Gasteiger partial charge in [0.1, 0.15) is 11.9 Å². The summed E-state index contributed by atoms with van der Waals surface area (Å²) in [6.07, 6.45) is 19.4. The van der Waals surface area contributed by atoms with E-state index in [0.29, 0.717) is 29.5 Å². The highest BCUT2D eigenvalue weighted by Gasteiger charge is 2.61. The van der Waals surface area contributed by atoms with Crippen LogP contribution in [-0.2, 0) is 14.3 Å². The molecule has 0 aromatic rings. The van der Waals surface area contributed by atoms with Crippen LogP contribution in [0.4, 0.5) is 0 Å². The molecule has 0 spiro atoms. The van der Waals surface area contributed by atoms with E-state index in [1.54, 1.807) is 0 Å². The van der Waals surface area contributed by atoms with Crippen LogP contribution in [0.3, 0.4) is 0 Å². The fourth-order valence-electron chi connectivity index (χ4n) is 8.63. The first-order valence-corrected chi connectivity index (χ1v) is 14.1. The van der Waals surface area contributed by atoms with Crippen molar-refractivity contribution in [3.63, 3.8) is 0 Å². The summed E-state index contributed by atoms with van der Waals surface area (Å²) in [5.41, 5.74) is 0.536. The van der Waals surface area contributed by atoms with Crippen molar-refractivity contribution in [2.24, 2.45) is 34.5 Å². The monoisotopic (exact) mass is 444 g/mol. The summed E-state index contributed by atoms with van der Waals surface area (Å²) in [5.74, 6) is 3.42. The maximum atomic E-state index is 12.6. The maximum Gasteiger partial charge on any atom is 0.306 e. The molecule has 182 valence electrons. The third-order valence-electron chi connectivity index (χ3n) is 10.7. The van der Waals surface area contributed by atoms with E-state index in [9.17, 15) is 9.59 Å². The molecule has 0 heterocycles. The Balaban J connectivity index is 1.29. The molecule has 0 radical (unpaired) electrons. The zero-order chi connectivity index (χ0) is 22.8. The van der Waals surface area contributed by atoms with Gasteiger partial charge in [-0.05, 0) is 80.5 Å². The van der Waals surface area contributed by atoms with Gasteiger partial charge in [-0.25, -0.2) is 0 Å². The van der Waals surface area contributed by atoms with Gasteiger partial charge in [0, 0.05) is 24.7 Å². The predicted molar refractivity (Wildman–Crippen MR) is 129 cm³/mol. The zero-order valence-corrected chi connectivity index (χ0v) is 21.1. The topological polar surface area (TPSA) is 43.4 Å². The van der Waals surface area contributed by atoms with Gasteiger partial charge in [-0.1, -0.05) is 59.3 Å². The lowest BCUT2D eigenvalue weighted by atomic mass is 9.45. The molecule has 4 fully saturated rings. The molecule has 32 heavy (non-hydrogen) atoms. The highest BCUT2D eigenvalue weighted by Crippen LogP contribution is 2.66. The number of ether oxygens (including phenoxy) is 1. The normalized spacial score (nSPS) is 41.0. The second-order valence-corrected chi connectivity index (χ2v) is 12.4. The van der Waals surface area contributed by atoms with E-state index in [1.807, 2.05) is 0 Å². The summed E-state index contributed by atoms with van der Waals surface area (Å²) in [6.45, 7) is 7.20. The molecule has 3 heteroatoms. The van der Waals surface area contributed by atoms with Gasteiger partial charge < -0.3 is 4.74 Å². The Kier molecular flexibility index (Phi) is 7.72. The van der Waals surface area contributed by atoms with E-state index >= 15 is 0 Å². The van der Waals surface area contributed by atoms with Crippen LogP contribution in [0.1, 0.15) is 130 Å². The molecule has 4 aliphatic carbocycles. The van der Waals surface area contributed by atoms with E-state index < -0.39 is 0 Å². The Labute approximate surface area is 196 Å². The molecule has 0 bridgehead atoms. The lowest BCUT2D eigenvalue weighted by Crippen LogP contribution is -2.54. The number of rotatable bonds is 9. The third kappa shape index (κ3) is 4.69. The molecule has 4 rings (SSSR count). The Bertz CT molecular complexity index is 671. The van der Waals surface area contributed by atoms with E-state index in [2.05, 4.69) is 20.8 Å². The van der Waals surface area contributed by atoms with Crippen molar-refractivity contribution in [3.8, 4) is 0 Å². The fourth-order valence-corrected chi connectivity index (χ4v) is 8.63. The van der Waals surface area contributed by atoms with Crippen molar-refractivity contribution < 1.29 is 14.3 Å². The lowest BCUT2D eigenvalue weighted by Gasteiger charge is -2.60. The van der Waals surface area contributed by atoms with Crippen LogP contribution >= 0.6 is 0 Å². The summed E-state index contributed by atoms with van der Waals surface area (Å²) < 4.78 is 6.17. The van der Waals surface area contributed by atoms with Gasteiger partial charge in [0.25, 0.3) is 0 Å². The molecule has 0 aliphatic heterocycles. The van der Waals surface area contributed by atoms with Crippen molar-refractivity contribution in [3.05, 3.63) is 0 Å². The molecule has 0 saturated heterocycles. The van der Waals surface area contributed by atoms with Gasteiger partial charge in [0.15, 0.2) is 0 Å². The summed E-state index contributed by atoms with van der Waals surface area (Å²) in [7, 11) is 0. The number of unbranched alkanes of at least 4 members (excludes halogenated alkanes) is 6. The summed E-state index contributed by atoms with van der Waals surface area (Å²) in [5, 5.41) is 0. The highest BCUT2D eigenvalue weighted by molar-refractivity contribution is 5.79. The second-order valence-electron chi connectivity index (χ2n) is 12.4. The van der Waals surface area contributed by atoms with Crippen molar-refractivity contribution in [1.29, 1.82) is 0 Å². The van der Waals surface area contributed by atoms with Crippen LogP contribution < -0.4 is 0 Å². The molecule has 4 aliphatic rings. The van der Waals surface area contributed by atoms with Gasteiger partial charge in [-0.15, -0.1) is 0 Å². The molecule has 0 amide bonds. The largest absolute Gasteiger partial charge is 0.462 e. The molecule has 3 nitrogen and oxygen atoms in total. The van der Waals surface area contributed by atoms with Crippen LogP contribution in [0.15, 0.2) is 0 Å². The molecule has 0 aromatic carbocycles. The molecular weight excluding hydrogens is 396 g/mol. The maximum absolute atomic E-state index is 12.6. The lowest BCUT2D eigenvalue weighted by molar-refractivity contribution is -0.164. The summed E-state index contributed by atoms with van der Waals surface area (Å²) in [4.78, 5) is 24.8. The van der Waals surface area contributed by atoms with Crippen LogP contribution in [0.25, 0.3) is 0 Å². The van der Waals surface area contributed by atoms with Gasteiger partial charge in [0.2, 0.25) is 0 Å². The number of hydrogen-bond donors (Lipinski definition) is 0. The van der Waals surface area contributed by atoms with E-state index in [0.717, 1.165) is 50.4 Å². The average molecular weight is 445 g/mol. The number of hydrogen-bond acceptors (Lipinski definition) is 3. The Morgan fingerprint density at radius 2 is 1.59 bits per heavy atom. The van der Waals surface area contributed by atoms with Crippen LogP contribution in [0, 0.1) is 34.5 Å². The van der Waals surface area contributed by atoms with Crippen LogP contribution in [0.2, 0.25) is 0 Å². The summed E-state index contributed by atoms with van der Waals surface area (Å²) >= 11 is 0. The van der Waals surface area contributed by atoms with Gasteiger partial charge in [0.05, 0.1) is 0 Å². The molecule has 0 N–H and O–H groups in total. The minimum Gasteiger partial charge on any atom is -0.462 e. The smallest absolute Gasteiger partial charge is 0.306 e. The third-order valence-corrected chi connectivity index (χ3v) is 10.7. The Hall–Kier alpha value is -0.860. The number of fused-ring (bicyclic) bond motifs is 5. The number of carbonyl (C=O) groups excluding carboxylic acids is 2. The molecule has 1 unspecified atom stereocenters. The van der Waals surface area contributed by atoms with Crippen molar-refractivity contribution in [2.45, 2.75) is 136 Å². The van der Waals surface area contributed by atoms with Crippen LogP contribution in [-0.4, -0.2) is 17.9 Å². The first kappa shape index (κ1) is 24.3. The minimum absolute atomic E-state index is 0.0500. The predicted octanol–water partition coefficient (Wildman–Crippen LogP) is 7.65. The molecule has 4 saturated carbocycles. The van der Waals surface area contributed by atoms with Crippen molar-refractivity contribution in [1.82, 2.24) is 0 Å². The number of Topliss-reactive ketones (excluding diaryl/α,β-unsaturated/α-hetero) is 1. The van der Waals surface area contributed by atoms with Crippen molar-refractivity contribution >= 4 is 11.8 Å². The summed E-state index contributed by atoms with van der Waals surface area (Å²) in [6, 6.07) is 0. The first-order valence-electron chi connectivity index (χ1n) is 14.1. The Morgan fingerprint density at radius 3 is 2.38 bits per heavy atom.